The second-order valence-corrected chi connectivity index (χ2v) is 6.56. The largest absolute Gasteiger partial charge is 0.454 e. The van der Waals surface area contributed by atoms with Crippen LogP contribution in [-0.4, -0.2) is 43.0 Å². The van der Waals surface area contributed by atoms with Crippen LogP contribution in [0, 0.1) is 0 Å². The average Bonchev–Trinajstić information content (AvgIpc) is 3.13. The molecule has 0 spiro atoms. The normalized spacial score (nSPS) is 10.8. The fourth-order valence-corrected chi connectivity index (χ4v) is 2.93. The van der Waals surface area contributed by atoms with Crippen LogP contribution in [0.15, 0.2) is 40.2 Å². The van der Waals surface area contributed by atoms with E-state index >= 15 is 0 Å². The summed E-state index contributed by atoms with van der Waals surface area (Å²) in [6.45, 7) is 0.427. The van der Waals surface area contributed by atoms with Gasteiger partial charge in [0, 0.05) is 19.7 Å². The van der Waals surface area contributed by atoms with E-state index in [1.807, 2.05) is 0 Å². The lowest BCUT2D eigenvalue weighted by Crippen LogP contribution is -2.37. The van der Waals surface area contributed by atoms with Crippen molar-refractivity contribution >= 4 is 34.5 Å². The first kappa shape index (κ1) is 20.7. The van der Waals surface area contributed by atoms with E-state index in [1.54, 1.807) is 24.3 Å². The van der Waals surface area contributed by atoms with Crippen molar-refractivity contribution in [3.8, 4) is 0 Å². The SMILES string of the molecule is CC(=O)c1ccccc1NC(=O)COC(=O)Cn1cnc2c1c(=O)n(C)c(=O)n2C. The second kappa shape index (κ2) is 8.15. The van der Waals surface area contributed by atoms with Crippen LogP contribution in [-0.2, 0) is 35.0 Å². The molecule has 0 fully saturated rings. The van der Waals surface area contributed by atoms with Crippen molar-refractivity contribution < 1.29 is 19.1 Å². The Bertz CT molecular complexity index is 1280. The standard InChI is InChI=1S/C19H19N5O6/c1-11(25)12-6-4-5-7-13(12)21-14(26)9-30-15(27)8-24-10-20-17-16(24)18(28)23(3)19(29)22(17)2/h4-7,10H,8-9H2,1-3H3,(H,21,26). The van der Waals surface area contributed by atoms with Crippen molar-refractivity contribution in [2.75, 3.05) is 11.9 Å². The number of benzene rings is 1. The number of imidazole rings is 1. The first-order valence-electron chi connectivity index (χ1n) is 8.87. The molecule has 0 aliphatic rings. The maximum absolute atomic E-state index is 12.4. The number of para-hydroxylation sites is 1. The maximum Gasteiger partial charge on any atom is 0.332 e. The van der Waals surface area contributed by atoms with Crippen LogP contribution in [0.5, 0.6) is 0 Å². The van der Waals surface area contributed by atoms with Gasteiger partial charge in [-0.2, -0.15) is 0 Å². The van der Waals surface area contributed by atoms with Crippen LogP contribution in [0.2, 0.25) is 0 Å². The van der Waals surface area contributed by atoms with Gasteiger partial charge in [0.05, 0.1) is 12.0 Å². The number of carbonyl (C=O) groups excluding carboxylic acids is 3. The molecule has 0 radical (unpaired) electrons. The van der Waals surface area contributed by atoms with Crippen molar-refractivity contribution in [2.24, 2.45) is 14.1 Å². The molecule has 2 heterocycles. The second-order valence-electron chi connectivity index (χ2n) is 6.56. The Morgan fingerprint density at radius 3 is 2.50 bits per heavy atom. The number of ketones is 1. The van der Waals surface area contributed by atoms with Crippen LogP contribution in [0.25, 0.3) is 11.2 Å². The lowest BCUT2D eigenvalue weighted by Gasteiger charge is -2.10. The summed E-state index contributed by atoms with van der Waals surface area (Å²) in [5.41, 5.74) is -0.287. The van der Waals surface area contributed by atoms with Gasteiger partial charge in [-0.15, -0.1) is 0 Å². The first-order valence-corrected chi connectivity index (χ1v) is 8.87. The molecule has 0 bridgehead atoms. The number of nitrogens with one attached hydrogen (secondary N) is 1. The quantitative estimate of drug-likeness (QED) is 0.437. The lowest BCUT2D eigenvalue weighted by atomic mass is 10.1. The molecule has 0 unspecified atom stereocenters. The number of nitrogens with zero attached hydrogens (tertiary/aromatic N) is 4. The molecular formula is C19H19N5O6. The van der Waals surface area contributed by atoms with E-state index in [-0.39, 0.29) is 23.5 Å². The number of hydrogen-bond acceptors (Lipinski definition) is 7. The number of esters is 1. The lowest BCUT2D eigenvalue weighted by molar-refractivity contribution is -0.147. The molecule has 156 valence electrons. The summed E-state index contributed by atoms with van der Waals surface area (Å²) in [6, 6.07) is 6.46. The minimum atomic E-state index is -0.778. The van der Waals surface area contributed by atoms with E-state index in [0.29, 0.717) is 11.3 Å². The zero-order chi connectivity index (χ0) is 22.0. The third-order valence-corrected chi connectivity index (χ3v) is 4.46. The number of aromatic nitrogens is 4. The van der Waals surface area contributed by atoms with Crippen LogP contribution >= 0.6 is 0 Å². The summed E-state index contributed by atoms with van der Waals surface area (Å²) < 4.78 is 8.31. The van der Waals surface area contributed by atoms with Gasteiger partial charge in [0.2, 0.25) is 0 Å². The third-order valence-electron chi connectivity index (χ3n) is 4.46. The summed E-state index contributed by atoms with van der Waals surface area (Å²) in [5, 5.41) is 2.52. The van der Waals surface area contributed by atoms with E-state index in [1.165, 1.54) is 36.5 Å². The minimum absolute atomic E-state index is 0.0661. The first-order chi connectivity index (χ1) is 14.2. The maximum atomic E-state index is 12.4. The van der Waals surface area contributed by atoms with Gasteiger partial charge in [-0.1, -0.05) is 12.1 Å². The highest BCUT2D eigenvalue weighted by atomic mass is 16.5. The highest BCUT2D eigenvalue weighted by Crippen LogP contribution is 2.15. The highest BCUT2D eigenvalue weighted by Gasteiger charge is 2.17. The van der Waals surface area contributed by atoms with Crippen LogP contribution in [0.1, 0.15) is 17.3 Å². The monoisotopic (exact) mass is 413 g/mol. The van der Waals surface area contributed by atoms with Gasteiger partial charge < -0.3 is 14.6 Å². The molecule has 3 rings (SSSR count). The Morgan fingerprint density at radius 2 is 1.80 bits per heavy atom. The number of ether oxygens (including phenoxy) is 1. The topological polar surface area (TPSA) is 134 Å². The van der Waals surface area contributed by atoms with Gasteiger partial charge in [0.25, 0.3) is 11.5 Å². The number of hydrogen-bond donors (Lipinski definition) is 1. The van der Waals surface area contributed by atoms with Gasteiger partial charge in [0.15, 0.2) is 23.6 Å². The summed E-state index contributed by atoms with van der Waals surface area (Å²) in [4.78, 5) is 64.1. The summed E-state index contributed by atoms with van der Waals surface area (Å²) in [7, 11) is 2.78. The molecule has 0 aliphatic carbocycles. The molecule has 11 heteroatoms. The predicted molar refractivity (Wildman–Crippen MR) is 106 cm³/mol. The van der Waals surface area contributed by atoms with Gasteiger partial charge >= 0.3 is 11.7 Å². The van der Waals surface area contributed by atoms with Gasteiger partial charge in [-0.3, -0.25) is 28.3 Å². The molecular weight excluding hydrogens is 394 g/mol. The molecule has 11 nitrogen and oxygen atoms in total. The molecule has 1 N–H and O–H groups in total. The predicted octanol–water partition coefficient (Wildman–Crippen LogP) is -0.182. The number of Topliss-reactive ketones (excluding diaryl/α,β-unsaturated/α-hetero) is 1. The molecule has 0 aliphatic heterocycles. The molecule has 3 aromatic rings. The number of fused-ring (bicyclic) bond motifs is 1. The average molecular weight is 413 g/mol. The van der Waals surface area contributed by atoms with Crippen molar-refractivity contribution in [3.05, 3.63) is 57.0 Å². The molecule has 30 heavy (non-hydrogen) atoms. The molecule has 0 atom stereocenters. The van der Waals surface area contributed by atoms with E-state index < -0.39 is 29.7 Å². The fraction of sp³-hybridized carbons (Fsp3) is 0.263. The molecule has 1 aromatic carbocycles. The highest BCUT2D eigenvalue weighted by molar-refractivity contribution is 6.04. The summed E-state index contributed by atoms with van der Waals surface area (Å²) in [5.74, 6) is -1.61. The molecule has 0 saturated carbocycles. The van der Waals surface area contributed by atoms with Crippen molar-refractivity contribution in [2.45, 2.75) is 13.5 Å². The third kappa shape index (κ3) is 3.90. The van der Waals surface area contributed by atoms with Gasteiger partial charge in [-0.05, 0) is 19.1 Å². The summed E-state index contributed by atoms with van der Waals surface area (Å²) in [6.07, 6.45) is 1.25. The van der Waals surface area contributed by atoms with E-state index in [2.05, 4.69) is 10.3 Å². The summed E-state index contributed by atoms with van der Waals surface area (Å²) >= 11 is 0. The zero-order valence-electron chi connectivity index (χ0n) is 16.5. The smallest absolute Gasteiger partial charge is 0.332 e. The minimum Gasteiger partial charge on any atom is -0.454 e. The Morgan fingerprint density at radius 1 is 1.10 bits per heavy atom. The number of aryl methyl sites for hydroxylation is 1. The molecule has 0 saturated heterocycles. The van der Waals surface area contributed by atoms with Gasteiger partial charge in [-0.25, -0.2) is 9.78 Å². The van der Waals surface area contributed by atoms with E-state index in [9.17, 15) is 24.0 Å². The fourth-order valence-electron chi connectivity index (χ4n) is 2.93. The van der Waals surface area contributed by atoms with Gasteiger partial charge in [0.1, 0.15) is 6.54 Å². The van der Waals surface area contributed by atoms with E-state index in [0.717, 1.165) is 4.57 Å². The molecule has 1 amide bonds. The number of amides is 1. The molecule has 2 aromatic heterocycles. The number of carbonyl (C=O) groups is 3. The Balaban J connectivity index is 1.69. The Labute approximate surface area is 169 Å². The number of anilines is 1. The van der Waals surface area contributed by atoms with Crippen molar-refractivity contribution in [3.63, 3.8) is 0 Å². The van der Waals surface area contributed by atoms with Crippen LogP contribution in [0.4, 0.5) is 5.69 Å². The number of rotatable bonds is 6. The van der Waals surface area contributed by atoms with Crippen molar-refractivity contribution in [1.82, 2.24) is 18.7 Å². The Hall–Kier alpha value is -4.02. The van der Waals surface area contributed by atoms with Crippen LogP contribution < -0.4 is 16.6 Å². The van der Waals surface area contributed by atoms with Crippen molar-refractivity contribution in [1.29, 1.82) is 0 Å². The Kier molecular flexibility index (Phi) is 5.63. The van der Waals surface area contributed by atoms with Crippen LogP contribution in [0.3, 0.4) is 0 Å². The van der Waals surface area contributed by atoms with E-state index in [4.69, 9.17) is 4.74 Å². The zero-order valence-corrected chi connectivity index (χ0v) is 16.5.